The molecular formula is C16H29N. The summed E-state index contributed by atoms with van der Waals surface area (Å²) in [4.78, 5) is 0. The maximum absolute atomic E-state index is 3.67. The predicted octanol–water partition coefficient (Wildman–Crippen LogP) is 5.47. The summed E-state index contributed by atoms with van der Waals surface area (Å²) in [5, 5.41) is 3.16. The highest BCUT2D eigenvalue weighted by Crippen LogP contribution is 2.21. The molecule has 0 fully saturated rings. The van der Waals surface area contributed by atoms with Gasteiger partial charge in [-0.15, -0.1) is 0 Å². The van der Waals surface area contributed by atoms with Crippen molar-refractivity contribution in [2.24, 2.45) is 0 Å². The van der Waals surface area contributed by atoms with E-state index in [2.05, 4.69) is 44.8 Å². The van der Waals surface area contributed by atoms with Crippen LogP contribution in [0.15, 0.2) is 24.9 Å². The monoisotopic (exact) mass is 235 g/mol. The van der Waals surface area contributed by atoms with Gasteiger partial charge in [-0.2, -0.15) is 0 Å². The Labute approximate surface area is 108 Å². The molecule has 0 amide bonds. The highest BCUT2D eigenvalue weighted by atomic mass is 14.8. The van der Waals surface area contributed by atoms with E-state index in [0.29, 0.717) is 0 Å². The highest BCUT2D eigenvalue weighted by Gasteiger charge is 2.01. The third kappa shape index (κ3) is 6.15. The third-order valence-corrected chi connectivity index (χ3v) is 2.36. The van der Waals surface area contributed by atoms with Crippen molar-refractivity contribution >= 4 is 5.69 Å². The fraction of sp³-hybridized carbons (Fsp3) is 0.500. The molecule has 0 aliphatic carbocycles. The second kappa shape index (κ2) is 11.3. The van der Waals surface area contributed by atoms with E-state index in [0.717, 1.165) is 6.42 Å². The molecule has 0 unspecified atom stereocenters. The zero-order valence-corrected chi connectivity index (χ0v) is 12.6. The maximum atomic E-state index is 3.67. The highest BCUT2D eigenvalue weighted by molar-refractivity contribution is 5.56. The molecule has 0 heterocycles. The van der Waals surface area contributed by atoms with Crippen molar-refractivity contribution in [1.82, 2.24) is 0 Å². The average molecular weight is 235 g/mol. The predicted molar refractivity (Wildman–Crippen MR) is 81.8 cm³/mol. The Morgan fingerprint density at radius 3 is 1.94 bits per heavy atom. The van der Waals surface area contributed by atoms with Gasteiger partial charge in [-0.25, -0.2) is 0 Å². The lowest BCUT2D eigenvalue weighted by atomic mass is 10.0. The van der Waals surface area contributed by atoms with Gasteiger partial charge in [0.25, 0.3) is 0 Å². The first-order chi connectivity index (χ1) is 8.19. The summed E-state index contributed by atoms with van der Waals surface area (Å²) < 4.78 is 0. The molecule has 0 bridgehead atoms. The summed E-state index contributed by atoms with van der Waals surface area (Å²) in [5.74, 6) is 0. The van der Waals surface area contributed by atoms with E-state index in [1.807, 2.05) is 27.7 Å². The molecule has 1 nitrogen and oxygen atoms in total. The van der Waals surface area contributed by atoms with Crippen molar-refractivity contribution in [3.63, 3.8) is 0 Å². The molecule has 1 aromatic carbocycles. The summed E-state index contributed by atoms with van der Waals surface area (Å²) in [6.45, 7) is 18.1. The van der Waals surface area contributed by atoms with E-state index in [9.17, 15) is 0 Å². The molecule has 1 rings (SSSR count). The van der Waals surface area contributed by atoms with Gasteiger partial charge in [0.1, 0.15) is 0 Å². The topological polar surface area (TPSA) is 12.0 Å². The fourth-order valence-corrected chi connectivity index (χ4v) is 1.41. The van der Waals surface area contributed by atoms with Crippen molar-refractivity contribution in [2.75, 3.05) is 5.32 Å². The zero-order valence-electron chi connectivity index (χ0n) is 12.6. The number of anilines is 1. The minimum Gasteiger partial charge on any atom is -0.362 e. The van der Waals surface area contributed by atoms with Crippen LogP contribution < -0.4 is 5.32 Å². The number of benzene rings is 1. The first-order valence-corrected chi connectivity index (χ1v) is 6.66. The minimum atomic E-state index is 1.05. The Hall–Kier alpha value is -1.24. The average Bonchev–Trinajstić information content (AvgIpc) is 2.38. The van der Waals surface area contributed by atoms with Gasteiger partial charge in [-0.1, -0.05) is 47.3 Å². The Morgan fingerprint density at radius 1 is 1.06 bits per heavy atom. The molecular weight excluding hydrogens is 206 g/mol. The van der Waals surface area contributed by atoms with E-state index < -0.39 is 0 Å². The fourth-order valence-electron chi connectivity index (χ4n) is 1.41. The molecule has 0 aliphatic heterocycles. The van der Waals surface area contributed by atoms with Crippen LogP contribution in [0.5, 0.6) is 0 Å². The van der Waals surface area contributed by atoms with Gasteiger partial charge in [0.2, 0.25) is 0 Å². The molecule has 1 aromatic rings. The van der Waals surface area contributed by atoms with Crippen molar-refractivity contribution in [3.05, 3.63) is 41.6 Å². The summed E-state index contributed by atoms with van der Waals surface area (Å²) in [6.07, 6.45) is 2.78. The summed E-state index contributed by atoms with van der Waals surface area (Å²) in [5.41, 5.74) is 5.21. The van der Waals surface area contributed by atoms with E-state index in [-0.39, 0.29) is 0 Å². The number of hydrogen-bond acceptors (Lipinski definition) is 1. The van der Waals surface area contributed by atoms with Gasteiger partial charge in [0, 0.05) is 5.69 Å². The molecule has 17 heavy (non-hydrogen) atoms. The van der Waals surface area contributed by atoms with E-state index in [1.54, 1.807) is 6.20 Å². The maximum Gasteiger partial charge on any atom is 0.0414 e. The number of hydrogen-bond donors (Lipinski definition) is 1. The molecule has 0 atom stereocenters. The van der Waals surface area contributed by atoms with Crippen LogP contribution in [-0.2, 0) is 6.42 Å². The molecule has 0 saturated carbocycles. The molecule has 0 aliphatic rings. The van der Waals surface area contributed by atoms with Crippen LogP contribution in [0, 0.1) is 13.8 Å². The molecule has 0 saturated heterocycles. The van der Waals surface area contributed by atoms with Crippen LogP contribution in [0.3, 0.4) is 0 Å². The normalized spacial score (nSPS) is 8.18. The molecule has 98 valence electrons. The van der Waals surface area contributed by atoms with Crippen molar-refractivity contribution in [2.45, 2.75) is 54.9 Å². The van der Waals surface area contributed by atoms with Crippen LogP contribution in [0.4, 0.5) is 5.69 Å². The Balaban J connectivity index is 0. The SMILES string of the molecule is C=CNc1cc(C)c(C)cc1CC.CC.CC. The van der Waals surface area contributed by atoms with Gasteiger partial charge in [-0.05, 0) is 49.2 Å². The van der Waals surface area contributed by atoms with E-state index in [1.165, 1.54) is 22.4 Å². The van der Waals surface area contributed by atoms with Gasteiger partial charge >= 0.3 is 0 Å². The third-order valence-electron chi connectivity index (χ3n) is 2.36. The van der Waals surface area contributed by atoms with Crippen molar-refractivity contribution in [1.29, 1.82) is 0 Å². The summed E-state index contributed by atoms with van der Waals surface area (Å²) >= 11 is 0. The van der Waals surface area contributed by atoms with Crippen LogP contribution in [0.25, 0.3) is 0 Å². The number of nitrogens with one attached hydrogen (secondary N) is 1. The summed E-state index contributed by atoms with van der Waals surface area (Å²) in [6, 6.07) is 4.41. The van der Waals surface area contributed by atoms with Gasteiger partial charge in [0.15, 0.2) is 0 Å². The first-order valence-electron chi connectivity index (χ1n) is 6.66. The largest absolute Gasteiger partial charge is 0.362 e. The number of aryl methyl sites for hydroxylation is 3. The van der Waals surface area contributed by atoms with E-state index in [4.69, 9.17) is 0 Å². The molecule has 0 aromatic heterocycles. The van der Waals surface area contributed by atoms with Crippen LogP contribution >= 0.6 is 0 Å². The van der Waals surface area contributed by atoms with Gasteiger partial charge < -0.3 is 5.32 Å². The van der Waals surface area contributed by atoms with Crippen LogP contribution in [0.2, 0.25) is 0 Å². The zero-order chi connectivity index (χ0) is 13.8. The lowest BCUT2D eigenvalue weighted by molar-refractivity contribution is 1.12. The standard InChI is InChI=1S/C12H17N.2C2H6/c1-5-11-7-9(3)10(4)8-12(11)13-6-2;2*1-2/h6-8,13H,2,5H2,1,3-4H3;2*1-2H3. The molecule has 0 radical (unpaired) electrons. The lowest BCUT2D eigenvalue weighted by Crippen LogP contribution is -1.95. The molecule has 1 N–H and O–H groups in total. The van der Waals surface area contributed by atoms with Gasteiger partial charge in [-0.3, -0.25) is 0 Å². The van der Waals surface area contributed by atoms with E-state index >= 15 is 0 Å². The molecule has 0 spiro atoms. The first kappa shape index (κ1) is 18.1. The quantitative estimate of drug-likeness (QED) is 0.732. The second-order valence-electron chi connectivity index (χ2n) is 3.30. The van der Waals surface area contributed by atoms with Crippen molar-refractivity contribution < 1.29 is 0 Å². The van der Waals surface area contributed by atoms with Crippen LogP contribution in [0.1, 0.15) is 51.3 Å². The Morgan fingerprint density at radius 2 is 1.53 bits per heavy atom. The lowest BCUT2D eigenvalue weighted by Gasteiger charge is -2.10. The van der Waals surface area contributed by atoms with Crippen molar-refractivity contribution in [3.8, 4) is 0 Å². The van der Waals surface area contributed by atoms with Gasteiger partial charge in [0.05, 0.1) is 0 Å². The second-order valence-corrected chi connectivity index (χ2v) is 3.30. The number of rotatable bonds is 3. The smallest absolute Gasteiger partial charge is 0.0414 e. The Kier molecular flexibility index (Phi) is 12.0. The van der Waals surface area contributed by atoms with Crippen LogP contribution in [-0.4, -0.2) is 0 Å². The molecule has 1 heteroatoms. The summed E-state index contributed by atoms with van der Waals surface area (Å²) in [7, 11) is 0. The Bertz CT molecular complexity index is 314. The minimum absolute atomic E-state index is 1.05.